The van der Waals surface area contributed by atoms with E-state index in [1.807, 2.05) is 0 Å². The summed E-state index contributed by atoms with van der Waals surface area (Å²) in [5.41, 5.74) is 0. The van der Waals surface area contributed by atoms with Gasteiger partial charge in [-0.25, -0.2) is 0 Å². The number of hydrogen-bond donors (Lipinski definition) is 2. The molecule has 0 spiro atoms. The summed E-state index contributed by atoms with van der Waals surface area (Å²) in [4.78, 5) is 92.1. The highest BCUT2D eigenvalue weighted by molar-refractivity contribution is 5.74. The van der Waals surface area contributed by atoms with Crippen LogP contribution in [0.1, 0.15) is 83.1 Å². The molecule has 0 aliphatic carbocycles. The molecule has 0 aromatic heterocycles. The first-order chi connectivity index (χ1) is 25.0. The molecule has 2 saturated heterocycles. The van der Waals surface area contributed by atoms with Gasteiger partial charge in [0.1, 0.15) is 37.5 Å². The summed E-state index contributed by atoms with van der Waals surface area (Å²) in [6.07, 6.45) is -8.98. The van der Waals surface area contributed by atoms with Crippen LogP contribution in [0.3, 0.4) is 0 Å². The predicted molar refractivity (Wildman–Crippen MR) is 180 cm³/mol. The summed E-state index contributed by atoms with van der Waals surface area (Å²) in [6, 6.07) is -1.88. The van der Waals surface area contributed by atoms with Crippen molar-refractivity contribution in [1.82, 2.24) is 10.6 Å². The molecule has 10 atom stereocenters. The van der Waals surface area contributed by atoms with Crippen molar-refractivity contribution in [3.8, 4) is 0 Å². The Kier molecular flexibility index (Phi) is 20.0. The fourth-order valence-electron chi connectivity index (χ4n) is 5.35. The molecule has 2 aliphatic heterocycles. The highest BCUT2D eigenvalue weighted by atomic mass is 16.7. The quantitative estimate of drug-likeness (QED) is 0.176. The fourth-order valence-corrected chi connectivity index (χ4v) is 5.35. The number of nitrogens with one attached hydrogen (secondary N) is 2. The van der Waals surface area contributed by atoms with Crippen molar-refractivity contribution in [2.24, 2.45) is 0 Å². The van der Waals surface area contributed by atoms with Crippen LogP contribution in [0.5, 0.6) is 0 Å². The van der Waals surface area contributed by atoms with E-state index in [9.17, 15) is 38.4 Å². The van der Waals surface area contributed by atoms with Gasteiger partial charge in [0.25, 0.3) is 0 Å². The Labute approximate surface area is 313 Å². The van der Waals surface area contributed by atoms with Gasteiger partial charge >= 0.3 is 35.8 Å². The molecule has 2 N–H and O–H groups in total. The van der Waals surface area contributed by atoms with Crippen LogP contribution in [0, 0.1) is 0 Å². The zero-order chi connectivity index (χ0) is 41.4. The minimum Gasteiger partial charge on any atom is -0.463 e. The van der Waals surface area contributed by atoms with Crippen LogP contribution in [0.25, 0.3) is 0 Å². The minimum atomic E-state index is -1.12. The first-order valence-electron chi connectivity index (χ1n) is 17.1. The van der Waals surface area contributed by atoms with E-state index >= 15 is 0 Å². The molecule has 2 fully saturated rings. The van der Waals surface area contributed by atoms with E-state index in [0.717, 1.165) is 0 Å². The molecule has 0 radical (unpaired) electrons. The average molecular weight is 779 g/mol. The third kappa shape index (κ3) is 17.2. The van der Waals surface area contributed by atoms with Crippen molar-refractivity contribution >= 4 is 47.6 Å². The molecule has 0 saturated carbocycles. The third-order valence-electron chi connectivity index (χ3n) is 6.95. The van der Waals surface area contributed by atoms with E-state index in [-0.39, 0.29) is 25.4 Å². The molecule has 0 aromatic carbocycles. The second-order valence-corrected chi connectivity index (χ2v) is 12.8. The Morgan fingerprint density at radius 1 is 0.463 bits per heavy atom. The summed E-state index contributed by atoms with van der Waals surface area (Å²) in [5, 5.41) is 5.23. The molecule has 2 aliphatic rings. The van der Waals surface area contributed by atoms with Gasteiger partial charge in [-0.3, -0.25) is 38.4 Å². The maximum absolute atomic E-state index is 11.7. The van der Waals surface area contributed by atoms with Crippen LogP contribution in [0.4, 0.5) is 0 Å². The Hall–Kier alpha value is -4.40. The maximum Gasteiger partial charge on any atom is 0.303 e. The van der Waals surface area contributed by atoms with Gasteiger partial charge in [-0.15, -0.1) is 0 Å². The molecule has 0 aromatic rings. The largest absolute Gasteiger partial charge is 0.463 e. The number of carbonyl (C=O) groups excluding carboxylic acids is 8. The lowest BCUT2D eigenvalue weighted by Gasteiger charge is -2.45. The van der Waals surface area contributed by atoms with Crippen LogP contribution in [0.15, 0.2) is 0 Å². The van der Waals surface area contributed by atoms with Crippen molar-refractivity contribution in [3.05, 3.63) is 0 Å². The maximum atomic E-state index is 11.7. The Morgan fingerprint density at radius 2 is 0.741 bits per heavy atom. The molecule has 2 rings (SSSR count). The molecule has 2 amide bonds. The number of carbonyl (C=O) groups is 8. The fraction of sp³-hybridized carbons (Fsp3) is 0.765. The highest BCUT2D eigenvalue weighted by Gasteiger charge is 2.53. The van der Waals surface area contributed by atoms with Gasteiger partial charge in [-0.05, 0) is 27.7 Å². The van der Waals surface area contributed by atoms with Crippen molar-refractivity contribution in [3.63, 3.8) is 0 Å². The van der Waals surface area contributed by atoms with Gasteiger partial charge in [0.2, 0.25) is 11.8 Å². The van der Waals surface area contributed by atoms with Crippen molar-refractivity contribution < 1.29 is 85.7 Å². The Morgan fingerprint density at radius 3 is 0.963 bits per heavy atom. The minimum absolute atomic E-state index is 0.254. The van der Waals surface area contributed by atoms with E-state index < -0.39 is 109 Å². The van der Waals surface area contributed by atoms with Gasteiger partial charge in [0, 0.05) is 55.4 Å². The van der Waals surface area contributed by atoms with Gasteiger partial charge in [-0.1, -0.05) is 0 Å². The second-order valence-electron chi connectivity index (χ2n) is 12.8. The van der Waals surface area contributed by atoms with Gasteiger partial charge in [0.05, 0.1) is 12.2 Å². The number of amides is 2. The standard InChI is InChI=1S/2C17H27NO9/c2*1-8(2)24-17-14(18-9(3)19)16(26-12(6)22)15(25-11(5)21)13(27-17)7-23-10(4)20/h2*8,13-17H,7H2,1-6H3,(H,18,19)/t2*13-,14-,15-,16-,17+/m11/s1. The Bertz CT molecular complexity index is 1220. The van der Waals surface area contributed by atoms with Crippen LogP contribution in [0.2, 0.25) is 0 Å². The lowest BCUT2D eigenvalue weighted by atomic mass is 9.96. The molecule has 308 valence electrons. The van der Waals surface area contributed by atoms with E-state index in [2.05, 4.69) is 10.6 Å². The molecule has 54 heavy (non-hydrogen) atoms. The van der Waals surface area contributed by atoms with Crippen molar-refractivity contribution in [2.45, 2.75) is 157 Å². The lowest BCUT2D eigenvalue weighted by Crippen LogP contribution is -2.66. The molecular formula is C34H54N2O18. The van der Waals surface area contributed by atoms with E-state index in [4.69, 9.17) is 47.4 Å². The monoisotopic (exact) mass is 778 g/mol. The smallest absolute Gasteiger partial charge is 0.303 e. The highest BCUT2D eigenvalue weighted by Crippen LogP contribution is 2.30. The lowest BCUT2D eigenvalue weighted by molar-refractivity contribution is -0.285. The third-order valence-corrected chi connectivity index (χ3v) is 6.95. The number of ether oxygens (including phenoxy) is 10. The average Bonchev–Trinajstić information content (AvgIpc) is 2.99. The predicted octanol–water partition coefficient (Wildman–Crippen LogP) is 0.135. The van der Waals surface area contributed by atoms with Crippen molar-refractivity contribution in [2.75, 3.05) is 13.2 Å². The first-order valence-corrected chi connectivity index (χ1v) is 17.1. The molecule has 0 bridgehead atoms. The molecular weight excluding hydrogens is 724 g/mol. The zero-order valence-corrected chi connectivity index (χ0v) is 32.7. The number of hydrogen-bond acceptors (Lipinski definition) is 18. The summed E-state index contributed by atoms with van der Waals surface area (Å²) < 4.78 is 54.2. The summed E-state index contributed by atoms with van der Waals surface area (Å²) in [7, 11) is 0. The van der Waals surface area contributed by atoms with E-state index in [1.165, 1.54) is 55.4 Å². The molecule has 20 heteroatoms. The van der Waals surface area contributed by atoms with Crippen LogP contribution in [-0.4, -0.2) is 134 Å². The van der Waals surface area contributed by atoms with Crippen LogP contribution >= 0.6 is 0 Å². The van der Waals surface area contributed by atoms with Crippen molar-refractivity contribution in [1.29, 1.82) is 0 Å². The molecule has 2 heterocycles. The second kappa shape index (κ2) is 22.7. The van der Waals surface area contributed by atoms with Gasteiger partial charge in [0.15, 0.2) is 37.0 Å². The molecule has 0 unspecified atom stereocenters. The van der Waals surface area contributed by atoms with Crippen LogP contribution in [-0.2, 0) is 85.7 Å². The normalized spacial score (nSPS) is 27.6. The van der Waals surface area contributed by atoms with Crippen LogP contribution < -0.4 is 10.6 Å². The van der Waals surface area contributed by atoms with Gasteiger partial charge < -0.3 is 58.0 Å². The topological polar surface area (TPSA) is 253 Å². The molecule has 20 nitrogen and oxygen atoms in total. The van der Waals surface area contributed by atoms with E-state index in [0.29, 0.717) is 0 Å². The Balaban J connectivity index is 0.000000540. The zero-order valence-electron chi connectivity index (χ0n) is 32.7. The number of rotatable bonds is 14. The SMILES string of the molecule is CC(=O)N[C@H]1[C@@H](OC(C)C)O[C@H](COC(C)=O)[C@@H](OC(C)=O)[C@@H]1OC(C)=O.CC(=O)N[C@H]1[C@@H](OC(C)C)O[C@H](COC(C)=O)[C@@H](OC(C)=O)[C@@H]1OC(C)=O. The first kappa shape index (κ1) is 47.6. The summed E-state index contributed by atoms with van der Waals surface area (Å²) >= 11 is 0. The summed E-state index contributed by atoms with van der Waals surface area (Å²) in [6.45, 7) is 16.2. The summed E-state index contributed by atoms with van der Waals surface area (Å²) in [5.74, 6) is -4.56. The van der Waals surface area contributed by atoms with Gasteiger partial charge in [-0.2, -0.15) is 0 Å². The number of esters is 6. The van der Waals surface area contributed by atoms with E-state index in [1.54, 1.807) is 27.7 Å².